The topological polar surface area (TPSA) is 94.3 Å². The second-order valence-corrected chi connectivity index (χ2v) is 5.66. The Balaban J connectivity index is 1.47. The standard InChI is InChI=1S/C20H15N3O4/c24-18(10-9-15-6-3-11-25-15)21-16-7-2-1-5-14(16)13-19-22-20(23-27-19)17-8-4-12-26-17/h1-12H,13H2,(H,21,24)/b10-9+. The van der Waals surface area contributed by atoms with Crippen LogP contribution in [0.4, 0.5) is 5.69 Å². The maximum Gasteiger partial charge on any atom is 0.248 e. The number of rotatable bonds is 6. The lowest BCUT2D eigenvalue weighted by atomic mass is 10.1. The van der Waals surface area contributed by atoms with Gasteiger partial charge in [-0.05, 0) is 42.0 Å². The summed E-state index contributed by atoms with van der Waals surface area (Å²) < 4.78 is 15.7. The van der Waals surface area contributed by atoms with Gasteiger partial charge < -0.3 is 18.7 Å². The molecule has 0 radical (unpaired) electrons. The number of furan rings is 2. The Morgan fingerprint density at radius 2 is 1.89 bits per heavy atom. The first-order valence-electron chi connectivity index (χ1n) is 8.25. The zero-order valence-electron chi connectivity index (χ0n) is 14.2. The third kappa shape index (κ3) is 4.04. The Morgan fingerprint density at radius 3 is 2.70 bits per heavy atom. The van der Waals surface area contributed by atoms with E-state index in [0.717, 1.165) is 5.56 Å². The number of carbonyl (C=O) groups excluding carboxylic acids is 1. The normalized spacial score (nSPS) is 11.1. The van der Waals surface area contributed by atoms with Crippen LogP contribution in [0.25, 0.3) is 17.7 Å². The molecule has 0 bridgehead atoms. The first-order valence-corrected chi connectivity index (χ1v) is 8.25. The number of carbonyl (C=O) groups is 1. The Labute approximate surface area is 154 Å². The van der Waals surface area contributed by atoms with Gasteiger partial charge in [-0.1, -0.05) is 23.4 Å². The highest BCUT2D eigenvalue weighted by Gasteiger charge is 2.13. The van der Waals surface area contributed by atoms with Crippen LogP contribution in [-0.4, -0.2) is 16.0 Å². The number of amides is 1. The van der Waals surface area contributed by atoms with Gasteiger partial charge in [0.1, 0.15) is 5.76 Å². The van der Waals surface area contributed by atoms with E-state index >= 15 is 0 Å². The summed E-state index contributed by atoms with van der Waals surface area (Å²) in [6, 6.07) is 14.5. The number of anilines is 1. The molecule has 0 saturated carbocycles. The molecule has 0 atom stereocenters. The summed E-state index contributed by atoms with van der Waals surface area (Å²) in [5.74, 6) is 1.69. The van der Waals surface area contributed by atoms with Crippen LogP contribution in [-0.2, 0) is 11.2 Å². The number of nitrogens with zero attached hydrogens (tertiary/aromatic N) is 2. The van der Waals surface area contributed by atoms with Crippen molar-refractivity contribution >= 4 is 17.7 Å². The van der Waals surface area contributed by atoms with Crippen molar-refractivity contribution < 1.29 is 18.2 Å². The van der Waals surface area contributed by atoms with E-state index in [-0.39, 0.29) is 5.91 Å². The van der Waals surface area contributed by atoms with Gasteiger partial charge in [0, 0.05) is 11.8 Å². The summed E-state index contributed by atoms with van der Waals surface area (Å²) in [5, 5.41) is 6.77. The van der Waals surface area contributed by atoms with E-state index in [9.17, 15) is 4.79 Å². The van der Waals surface area contributed by atoms with Gasteiger partial charge in [-0.2, -0.15) is 4.98 Å². The molecule has 3 heterocycles. The van der Waals surface area contributed by atoms with E-state index in [1.54, 1.807) is 42.9 Å². The third-order valence-corrected chi connectivity index (χ3v) is 3.77. The van der Waals surface area contributed by atoms with Gasteiger partial charge in [0.15, 0.2) is 5.76 Å². The minimum absolute atomic E-state index is 0.263. The van der Waals surface area contributed by atoms with Crippen LogP contribution < -0.4 is 5.32 Å². The maximum absolute atomic E-state index is 12.2. The van der Waals surface area contributed by atoms with Crippen molar-refractivity contribution in [3.63, 3.8) is 0 Å². The lowest BCUT2D eigenvalue weighted by molar-refractivity contribution is -0.111. The first kappa shape index (κ1) is 16.6. The molecule has 7 heteroatoms. The number of aromatic nitrogens is 2. The molecular formula is C20H15N3O4. The van der Waals surface area contributed by atoms with Crippen molar-refractivity contribution in [3.05, 3.63) is 84.3 Å². The summed E-state index contributed by atoms with van der Waals surface area (Å²) in [7, 11) is 0. The van der Waals surface area contributed by atoms with Crippen LogP contribution >= 0.6 is 0 Å². The summed E-state index contributed by atoms with van der Waals surface area (Å²) in [6.45, 7) is 0. The molecule has 1 amide bonds. The average molecular weight is 361 g/mol. The van der Waals surface area contributed by atoms with E-state index in [0.29, 0.717) is 35.3 Å². The Bertz CT molecular complexity index is 1050. The molecule has 0 saturated heterocycles. The van der Waals surface area contributed by atoms with Gasteiger partial charge in [0.05, 0.1) is 18.9 Å². The predicted molar refractivity (Wildman–Crippen MR) is 97.6 cm³/mol. The van der Waals surface area contributed by atoms with Gasteiger partial charge in [-0.25, -0.2) is 0 Å². The summed E-state index contributed by atoms with van der Waals surface area (Å²) in [6.07, 6.45) is 6.50. The zero-order chi connectivity index (χ0) is 18.5. The predicted octanol–water partition coefficient (Wildman–Crippen LogP) is 4.17. The fourth-order valence-corrected chi connectivity index (χ4v) is 2.51. The molecule has 27 heavy (non-hydrogen) atoms. The van der Waals surface area contributed by atoms with Crippen molar-refractivity contribution in [3.8, 4) is 11.6 Å². The van der Waals surface area contributed by atoms with E-state index in [2.05, 4.69) is 15.5 Å². The molecule has 7 nitrogen and oxygen atoms in total. The molecule has 134 valence electrons. The van der Waals surface area contributed by atoms with E-state index in [1.807, 2.05) is 24.3 Å². The highest BCUT2D eigenvalue weighted by Crippen LogP contribution is 2.21. The second kappa shape index (κ2) is 7.57. The number of hydrogen-bond donors (Lipinski definition) is 1. The van der Waals surface area contributed by atoms with Crippen LogP contribution in [0.3, 0.4) is 0 Å². The Kier molecular flexibility index (Phi) is 4.65. The summed E-state index contributed by atoms with van der Waals surface area (Å²) in [5.41, 5.74) is 1.52. The van der Waals surface area contributed by atoms with E-state index in [4.69, 9.17) is 13.4 Å². The minimum atomic E-state index is -0.263. The maximum atomic E-state index is 12.2. The van der Waals surface area contributed by atoms with Crippen LogP contribution in [0.5, 0.6) is 0 Å². The molecule has 3 aromatic heterocycles. The van der Waals surface area contributed by atoms with Gasteiger partial charge in [-0.3, -0.25) is 4.79 Å². The second-order valence-electron chi connectivity index (χ2n) is 5.66. The number of benzene rings is 1. The van der Waals surface area contributed by atoms with Gasteiger partial charge in [0.25, 0.3) is 0 Å². The minimum Gasteiger partial charge on any atom is -0.465 e. The van der Waals surface area contributed by atoms with Crippen LogP contribution in [0, 0.1) is 0 Å². The van der Waals surface area contributed by atoms with E-state index < -0.39 is 0 Å². The fourth-order valence-electron chi connectivity index (χ4n) is 2.51. The van der Waals surface area contributed by atoms with Crippen LogP contribution in [0.1, 0.15) is 17.2 Å². The van der Waals surface area contributed by atoms with Crippen molar-refractivity contribution in [2.45, 2.75) is 6.42 Å². The quantitative estimate of drug-likeness (QED) is 0.518. The van der Waals surface area contributed by atoms with Crippen molar-refractivity contribution in [1.29, 1.82) is 0 Å². The molecule has 4 rings (SSSR count). The molecule has 0 spiro atoms. The highest BCUT2D eigenvalue weighted by molar-refractivity contribution is 6.02. The smallest absolute Gasteiger partial charge is 0.248 e. The van der Waals surface area contributed by atoms with Crippen molar-refractivity contribution in [2.24, 2.45) is 0 Å². The third-order valence-electron chi connectivity index (χ3n) is 3.77. The Hall–Kier alpha value is -3.87. The summed E-state index contributed by atoms with van der Waals surface area (Å²) >= 11 is 0. The molecule has 0 unspecified atom stereocenters. The van der Waals surface area contributed by atoms with Gasteiger partial charge in [-0.15, -0.1) is 0 Å². The lowest BCUT2D eigenvalue weighted by Crippen LogP contribution is -2.10. The van der Waals surface area contributed by atoms with Crippen LogP contribution in [0.2, 0.25) is 0 Å². The number of nitrogens with one attached hydrogen (secondary N) is 1. The molecular weight excluding hydrogens is 346 g/mol. The molecule has 0 aliphatic carbocycles. The molecule has 1 aromatic carbocycles. The molecule has 0 aliphatic heterocycles. The van der Waals surface area contributed by atoms with Gasteiger partial charge in [0.2, 0.25) is 17.6 Å². The molecule has 0 fully saturated rings. The van der Waals surface area contributed by atoms with Crippen molar-refractivity contribution in [1.82, 2.24) is 10.1 Å². The Morgan fingerprint density at radius 1 is 1.04 bits per heavy atom. The monoisotopic (exact) mass is 361 g/mol. The first-order chi connectivity index (χ1) is 13.3. The molecule has 1 N–H and O–H groups in total. The average Bonchev–Trinajstić information content (AvgIpc) is 3.44. The van der Waals surface area contributed by atoms with Crippen molar-refractivity contribution in [2.75, 3.05) is 5.32 Å². The molecule has 0 aliphatic rings. The summed E-state index contributed by atoms with van der Waals surface area (Å²) in [4.78, 5) is 16.5. The highest BCUT2D eigenvalue weighted by atomic mass is 16.5. The molecule has 4 aromatic rings. The number of para-hydroxylation sites is 1. The fraction of sp³-hybridized carbons (Fsp3) is 0.0500. The largest absolute Gasteiger partial charge is 0.465 e. The van der Waals surface area contributed by atoms with E-state index in [1.165, 1.54) is 6.08 Å². The van der Waals surface area contributed by atoms with Gasteiger partial charge >= 0.3 is 0 Å². The van der Waals surface area contributed by atoms with Crippen LogP contribution in [0.15, 0.2) is 80.5 Å². The number of hydrogen-bond acceptors (Lipinski definition) is 6. The lowest BCUT2D eigenvalue weighted by Gasteiger charge is -2.07. The zero-order valence-corrected chi connectivity index (χ0v) is 14.2. The SMILES string of the molecule is O=C(/C=C/c1ccco1)Nc1ccccc1Cc1nc(-c2ccco2)no1.